The van der Waals surface area contributed by atoms with E-state index >= 15 is 0 Å². The first-order valence-electron chi connectivity index (χ1n) is 7.13. The summed E-state index contributed by atoms with van der Waals surface area (Å²) in [7, 11) is -3.85. The van der Waals surface area contributed by atoms with Crippen LogP contribution in [0.1, 0.15) is 12.8 Å². The van der Waals surface area contributed by atoms with E-state index in [9.17, 15) is 27.5 Å². The van der Waals surface area contributed by atoms with Crippen LogP contribution in [0.25, 0.3) is 0 Å². The summed E-state index contributed by atoms with van der Waals surface area (Å²) in [5.74, 6) is -1.25. The molecule has 1 aromatic rings. The summed E-state index contributed by atoms with van der Waals surface area (Å²) < 4.78 is 39.0. The number of benzene rings is 1. The van der Waals surface area contributed by atoms with E-state index in [1.807, 2.05) is 0 Å². The van der Waals surface area contributed by atoms with Crippen molar-refractivity contribution in [1.82, 2.24) is 10.0 Å². The van der Waals surface area contributed by atoms with Gasteiger partial charge in [-0.1, -0.05) is 0 Å². The van der Waals surface area contributed by atoms with Crippen molar-refractivity contribution in [1.29, 1.82) is 0 Å². The predicted octanol–water partition coefficient (Wildman–Crippen LogP) is 0.571. The lowest BCUT2D eigenvalue weighted by Crippen LogP contribution is -2.55. The smallest absolute Gasteiger partial charge is 0.330 e. The van der Waals surface area contributed by atoms with E-state index in [0.29, 0.717) is 12.2 Å². The lowest BCUT2D eigenvalue weighted by Gasteiger charge is -2.24. The number of carbonyl (C=O) groups is 2. The van der Waals surface area contributed by atoms with Crippen LogP contribution in [0.5, 0.6) is 0 Å². The predicted molar refractivity (Wildman–Crippen MR) is 86.7 cm³/mol. The summed E-state index contributed by atoms with van der Waals surface area (Å²) in [6.45, 7) is -0.186. The average molecular weight is 376 g/mol. The number of amides is 1. The topological polar surface area (TPSA) is 113 Å². The molecule has 1 unspecified atom stereocenters. The number of halogens is 1. The molecule has 2 rings (SSSR count). The first-order chi connectivity index (χ1) is 11.3. The number of hydrogen-bond donors (Lipinski definition) is 3. The molecule has 1 amide bonds. The van der Waals surface area contributed by atoms with Crippen molar-refractivity contribution in [3.63, 3.8) is 0 Å². The number of carboxylic acids is 1. The maximum absolute atomic E-state index is 12.8. The van der Waals surface area contributed by atoms with Crippen LogP contribution in [0.3, 0.4) is 0 Å². The van der Waals surface area contributed by atoms with Gasteiger partial charge in [-0.3, -0.25) is 4.79 Å². The van der Waals surface area contributed by atoms with Crippen LogP contribution in [0.4, 0.5) is 4.39 Å². The molecule has 132 valence electrons. The SMILES string of the molecule is O=C(CCNS(=O)(=O)c1ccc(F)cc1)NC1(C(=O)O)CCSC1. The van der Waals surface area contributed by atoms with Gasteiger partial charge in [0.1, 0.15) is 11.4 Å². The van der Waals surface area contributed by atoms with Crippen molar-refractivity contribution in [2.24, 2.45) is 0 Å². The van der Waals surface area contributed by atoms with Gasteiger partial charge in [0.15, 0.2) is 0 Å². The molecule has 0 spiro atoms. The van der Waals surface area contributed by atoms with Crippen molar-refractivity contribution in [3.8, 4) is 0 Å². The minimum absolute atomic E-state index is 0.112. The summed E-state index contributed by atoms with van der Waals surface area (Å²) in [6.07, 6.45) is 0.139. The number of thioether (sulfide) groups is 1. The first-order valence-corrected chi connectivity index (χ1v) is 9.76. The Balaban J connectivity index is 1.88. The van der Waals surface area contributed by atoms with Gasteiger partial charge in [0.2, 0.25) is 15.9 Å². The molecular formula is C14H17FN2O5S2. The van der Waals surface area contributed by atoms with Gasteiger partial charge < -0.3 is 10.4 Å². The molecule has 1 atom stereocenters. The Morgan fingerprint density at radius 1 is 1.29 bits per heavy atom. The fourth-order valence-electron chi connectivity index (χ4n) is 2.21. The first kappa shape index (κ1) is 18.7. The zero-order valence-electron chi connectivity index (χ0n) is 12.6. The number of hydrogen-bond acceptors (Lipinski definition) is 5. The molecule has 7 nitrogen and oxygen atoms in total. The van der Waals surface area contributed by atoms with E-state index < -0.39 is 33.3 Å². The van der Waals surface area contributed by atoms with Crippen LogP contribution < -0.4 is 10.0 Å². The Morgan fingerprint density at radius 3 is 2.50 bits per heavy atom. The number of aliphatic carboxylic acids is 1. The second kappa shape index (κ2) is 7.49. The second-order valence-corrected chi connectivity index (χ2v) is 8.21. The lowest BCUT2D eigenvalue weighted by atomic mass is 9.99. The van der Waals surface area contributed by atoms with E-state index in [-0.39, 0.29) is 23.6 Å². The Kier molecular flexibility index (Phi) is 5.83. The highest BCUT2D eigenvalue weighted by atomic mass is 32.2. The number of rotatable bonds is 7. The lowest BCUT2D eigenvalue weighted by molar-refractivity contribution is -0.146. The molecular weight excluding hydrogens is 359 g/mol. The molecule has 1 aromatic carbocycles. The fraction of sp³-hybridized carbons (Fsp3) is 0.429. The quantitative estimate of drug-likeness (QED) is 0.641. The molecule has 1 heterocycles. The van der Waals surface area contributed by atoms with Crippen molar-refractivity contribution >= 4 is 33.7 Å². The molecule has 0 saturated carbocycles. The van der Waals surface area contributed by atoms with E-state index in [2.05, 4.69) is 10.0 Å². The fourth-order valence-corrected chi connectivity index (χ4v) is 4.57. The molecule has 1 aliphatic rings. The second-order valence-electron chi connectivity index (χ2n) is 5.34. The molecule has 10 heteroatoms. The van der Waals surface area contributed by atoms with Crippen LogP contribution in [0.15, 0.2) is 29.2 Å². The number of carboxylic acid groups (broad SMARTS) is 1. The molecule has 0 aliphatic carbocycles. The van der Waals surface area contributed by atoms with E-state index in [1.54, 1.807) is 0 Å². The largest absolute Gasteiger partial charge is 0.479 e. The summed E-state index contributed by atoms with van der Waals surface area (Å²) in [6, 6.07) is 4.28. The third-order valence-corrected chi connectivity index (χ3v) is 6.24. The number of carbonyl (C=O) groups excluding carboxylic acids is 1. The van der Waals surface area contributed by atoms with Crippen LogP contribution in [-0.4, -0.2) is 49.0 Å². The normalized spacial score (nSPS) is 20.7. The Hall–Kier alpha value is -1.65. The van der Waals surface area contributed by atoms with Gasteiger partial charge in [-0.25, -0.2) is 22.3 Å². The van der Waals surface area contributed by atoms with Gasteiger partial charge in [-0.2, -0.15) is 11.8 Å². The standard InChI is InChI=1S/C14H17FN2O5S2/c15-10-1-3-11(4-2-10)24(21,22)16-7-5-12(18)17-14(13(19)20)6-8-23-9-14/h1-4,16H,5-9H2,(H,17,18)(H,19,20). The number of nitrogens with one attached hydrogen (secondary N) is 2. The Labute approximate surface area is 143 Å². The molecule has 0 bridgehead atoms. The maximum Gasteiger partial charge on any atom is 0.330 e. The number of sulfonamides is 1. The minimum Gasteiger partial charge on any atom is -0.479 e. The van der Waals surface area contributed by atoms with Gasteiger partial charge in [-0.05, 0) is 36.4 Å². The van der Waals surface area contributed by atoms with Crippen molar-refractivity contribution < 1.29 is 27.5 Å². The van der Waals surface area contributed by atoms with Crippen LogP contribution >= 0.6 is 11.8 Å². The van der Waals surface area contributed by atoms with Crippen molar-refractivity contribution in [3.05, 3.63) is 30.1 Å². The zero-order chi connectivity index (χ0) is 17.8. The highest BCUT2D eigenvalue weighted by Crippen LogP contribution is 2.28. The van der Waals surface area contributed by atoms with Gasteiger partial charge in [0, 0.05) is 18.7 Å². The van der Waals surface area contributed by atoms with Gasteiger partial charge in [0.25, 0.3) is 0 Å². The van der Waals surface area contributed by atoms with Crippen LogP contribution in [-0.2, 0) is 19.6 Å². The minimum atomic E-state index is -3.85. The highest BCUT2D eigenvalue weighted by molar-refractivity contribution is 7.99. The average Bonchev–Trinajstić information content (AvgIpc) is 2.97. The molecule has 24 heavy (non-hydrogen) atoms. The summed E-state index contributed by atoms with van der Waals surface area (Å²) >= 11 is 1.44. The van der Waals surface area contributed by atoms with Crippen LogP contribution in [0, 0.1) is 5.82 Å². The third-order valence-electron chi connectivity index (χ3n) is 3.58. The van der Waals surface area contributed by atoms with Gasteiger partial charge >= 0.3 is 5.97 Å². The molecule has 3 N–H and O–H groups in total. The molecule has 1 saturated heterocycles. The Bertz CT molecular complexity index is 715. The van der Waals surface area contributed by atoms with Crippen LogP contribution in [0.2, 0.25) is 0 Å². The third kappa shape index (κ3) is 4.46. The zero-order valence-corrected chi connectivity index (χ0v) is 14.3. The summed E-state index contributed by atoms with van der Waals surface area (Å²) in [5, 5.41) is 11.7. The molecule has 1 aliphatic heterocycles. The summed E-state index contributed by atoms with van der Waals surface area (Å²) in [5.41, 5.74) is -1.28. The van der Waals surface area contributed by atoms with E-state index in [1.165, 1.54) is 11.8 Å². The van der Waals surface area contributed by atoms with E-state index in [4.69, 9.17) is 0 Å². The molecule has 1 fully saturated rings. The Morgan fingerprint density at radius 2 is 1.96 bits per heavy atom. The molecule has 0 aromatic heterocycles. The van der Waals surface area contributed by atoms with Gasteiger partial charge in [0.05, 0.1) is 4.90 Å². The van der Waals surface area contributed by atoms with Crippen molar-refractivity contribution in [2.75, 3.05) is 18.1 Å². The molecule has 0 radical (unpaired) electrons. The summed E-state index contributed by atoms with van der Waals surface area (Å²) in [4.78, 5) is 23.1. The van der Waals surface area contributed by atoms with Gasteiger partial charge in [-0.15, -0.1) is 0 Å². The maximum atomic E-state index is 12.8. The highest BCUT2D eigenvalue weighted by Gasteiger charge is 2.43. The monoisotopic (exact) mass is 376 g/mol. The van der Waals surface area contributed by atoms with E-state index in [0.717, 1.165) is 24.3 Å². The van der Waals surface area contributed by atoms with Crippen molar-refractivity contribution in [2.45, 2.75) is 23.3 Å².